The summed E-state index contributed by atoms with van der Waals surface area (Å²) in [5.41, 5.74) is 2.90. The summed E-state index contributed by atoms with van der Waals surface area (Å²) in [5, 5.41) is 0.710. The lowest BCUT2D eigenvalue weighted by atomic mass is 10.1. The summed E-state index contributed by atoms with van der Waals surface area (Å²) in [6.45, 7) is 2.07. The van der Waals surface area contributed by atoms with E-state index in [1.165, 1.54) is 9.87 Å². The zero-order valence-electron chi connectivity index (χ0n) is 12.1. The summed E-state index contributed by atoms with van der Waals surface area (Å²) >= 11 is 3.35. The summed E-state index contributed by atoms with van der Waals surface area (Å²) < 4.78 is 26.5. The van der Waals surface area contributed by atoms with Gasteiger partial charge in [0.15, 0.2) is 0 Å². The molecule has 0 saturated heterocycles. The number of hydrogen-bond acceptors (Lipinski definition) is 2. The third kappa shape index (κ3) is 3.47. The number of hydrogen-bond donors (Lipinski definition) is 0. The van der Waals surface area contributed by atoms with Crippen molar-refractivity contribution < 1.29 is 8.42 Å². The number of alkyl halides is 1. The van der Waals surface area contributed by atoms with E-state index in [-0.39, 0.29) is 0 Å². The lowest BCUT2D eigenvalue weighted by Crippen LogP contribution is -2.26. The lowest BCUT2D eigenvalue weighted by Gasteiger charge is -2.20. The summed E-state index contributed by atoms with van der Waals surface area (Å²) in [7, 11) is -1.94. The Bertz CT molecular complexity index is 694. The second kappa shape index (κ2) is 6.62. The molecule has 112 valence electrons. The van der Waals surface area contributed by atoms with Crippen molar-refractivity contribution in [3.05, 3.63) is 59.7 Å². The van der Waals surface area contributed by atoms with E-state index in [9.17, 15) is 8.42 Å². The normalized spacial score (nSPS) is 11.4. The maximum absolute atomic E-state index is 12.6. The highest BCUT2D eigenvalue weighted by Crippen LogP contribution is 2.23. The van der Waals surface area contributed by atoms with Gasteiger partial charge in [-0.2, -0.15) is 0 Å². The largest absolute Gasteiger partial charge is 0.269 e. The second-order valence-electron chi connectivity index (χ2n) is 4.77. The molecule has 2 rings (SSSR count). The van der Waals surface area contributed by atoms with Gasteiger partial charge >= 0.3 is 0 Å². The summed E-state index contributed by atoms with van der Waals surface area (Å²) in [5.74, 6) is 0. The molecular formula is C16H18BrNO2S. The van der Waals surface area contributed by atoms with Crippen LogP contribution in [0.25, 0.3) is 0 Å². The minimum atomic E-state index is -3.52. The summed E-state index contributed by atoms with van der Waals surface area (Å²) in [6, 6.07) is 14.5. The summed E-state index contributed by atoms with van der Waals surface area (Å²) in [6.07, 6.45) is 0.935. The van der Waals surface area contributed by atoms with Crippen molar-refractivity contribution in [1.82, 2.24) is 0 Å². The van der Waals surface area contributed by atoms with Gasteiger partial charge in [-0.15, -0.1) is 0 Å². The van der Waals surface area contributed by atoms with Crippen LogP contribution in [0.1, 0.15) is 18.1 Å². The Balaban J connectivity index is 2.32. The van der Waals surface area contributed by atoms with Crippen LogP contribution < -0.4 is 4.31 Å². The predicted molar refractivity (Wildman–Crippen MR) is 90.5 cm³/mol. The SMILES string of the molecule is CCc1ccc(N(C)S(=O)(=O)c2ccc(CBr)cc2)cc1. The zero-order chi connectivity index (χ0) is 15.5. The molecule has 21 heavy (non-hydrogen) atoms. The highest BCUT2D eigenvalue weighted by molar-refractivity contribution is 9.08. The first-order valence-corrected chi connectivity index (χ1v) is 9.28. The maximum Gasteiger partial charge on any atom is 0.264 e. The van der Waals surface area contributed by atoms with Gasteiger partial charge in [-0.1, -0.05) is 47.1 Å². The van der Waals surface area contributed by atoms with Crippen LogP contribution in [-0.2, 0) is 21.8 Å². The van der Waals surface area contributed by atoms with E-state index in [2.05, 4.69) is 22.9 Å². The minimum absolute atomic E-state index is 0.300. The van der Waals surface area contributed by atoms with E-state index in [1.54, 1.807) is 19.2 Å². The fourth-order valence-electron chi connectivity index (χ4n) is 1.99. The molecule has 0 aliphatic rings. The van der Waals surface area contributed by atoms with Crippen LogP contribution in [0, 0.1) is 0 Å². The number of nitrogens with zero attached hydrogens (tertiary/aromatic N) is 1. The van der Waals surface area contributed by atoms with Gasteiger partial charge in [-0.05, 0) is 41.8 Å². The molecule has 0 unspecified atom stereocenters. The molecule has 0 heterocycles. The molecule has 0 fully saturated rings. The first-order chi connectivity index (χ1) is 9.98. The molecule has 0 aromatic heterocycles. The van der Waals surface area contributed by atoms with Gasteiger partial charge in [0, 0.05) is 12.4 Å². The molecule has 2 aromatic carbocycles. The molecular weight excluding hydrogens is 350 g/mol. The third-order valence-electron chi connectivity index (χ3n) is 3.44. The van der Waals surface area contributed by atoms with Crippen molar-refractivity contribution in [1.29, 1.82) is 0 Å². The van der Waals surface area contributed by atoms with Crippen LogP contribution in [0.2, 0.25) is 0 Å². The lowest BCUT2D eigenvalue weighted by molar-refractivity contribution is 0.594. The quantitative estimate of drug-likeness (QED) is 0.749. The molecule has 0 saturated carbocycles. The highest BCUT2D eigenvalue weighted by Gasteiger charge is 2.20. The van der Waals surface area contributed by atoms with Gasteiger partial charge in [-0.25, -0.2) is 8.42 Å². The van der Waals surface area contributed by atoms with E-state index in [1.807, 2.05) is 36.4 Å². The summed E-state index contributed by atoms with van der Waals surface area (Å²) in [4.78, 5) is 0.300. The van der Waals surface area contributed by atoms with Crippen molar-refractivity contribution in [2.45, 2.75) is 23.6 Å². The zero-order valence-corrected chi connectivity index (χ0v) is 14.5. The van der Waals surface area contributed by atoms with Gasteiger partial charge in [-0.3, -0.25) is 4.31 Å². The van der Waals surface area contributed by atoms with E-state index in [4.69, 9.17) is 0 Å². The first-order valence-electron chi connectivity index (χ1n) is 6.72. The monoisotopic (exact) mass is 367 g/mol. The molecule has 3 nitrogen and oxygen atoms in total. The Morgan fingerprint density at radius 3 is 1.95 bits per heavy atom. The van der Waals surface area contributed by atoms with E-state index < -0.39 is 10.0 Å². The van der Waals surface area contributed by atoms with Crippen molar-refractivity contribution >= 4 is 31.6 Å². The number of rotatable bonds is 5. The molecule has 0 aliphatic heterocycles. The molecule has 0 atom stereocenters. The van der Waals surface area contributed by atoms with Gasteiger partial charge < -0.3 is 0 Å². The smallest absolute Gasteiger partial charge is 0.264 e. The standard InChI is InChI=1S/C16H18BrNO2S/c1-3-13-4-8-15(9-5-13)18(2)21(19,20)16-10-6-14(12-17)7-11-16/h4-11H,3,12H2,1-2H3. The number of benzene rings is 2. The van der Waals surface area contributed by atoms with Crippen molar-refractivity contribution in [2.75, 3.05) is 11.4 Å². The first kappa shape index (κ1) is 16.0. The van der Waals surface area contributed by atoms with E-state index in [0.29, 0.717) is 15.9 Å². The number of aryl methyl sites for hydroxylation is 1. The average molecular weight is 368 g/mol. The van der Waals surface area contributed by atoms with Crippen molar-refractivity contribution in [3.8, 4) is 0 Å². The topological polar surface area (TPSA) is 37.4 Å². The molecule has 0 aliphatic carbocycles. The molecule has 0 bridgehead atoms. The van der Waals surface area contributed by atoms with Gasteiger partial charge in [0.1, 0.15) is 0 Å². The molecule has 0 radical (unpaired) electrons. The van der Waals surface area contributed by atoms with Crippen LogP contribution >= 0.6 is 15.9 Å². The highest BCUT2D eigenvalue weighted by atomic mass is 79.9. The van der Waals surface area contributed by atoms with Gasteiger partial charge in [0.2, 0.25) is 0 Å². The fourth-order valence-corrected chi connectivity index (χ4v) is 3.56. The Morgan fingerprint density at radius 2 is 1.48 bits per heavy atom. The Morgan fingerprint density at radius 1 is 0.952 bits per heavy atom. The van der Waals surface area contributed by atoms with E-state index in [0.717, 1.165) is 12.0 Å². The molecule has 0 spiro atoms. The second-order valence-corrected chi connectivity index (χ2v) is 7.30. The van der Waals surface area contributed by atoms with Crippen LogP contribution in [0.4, 0.5) is 5.69 Å². The third-order valence-corrected chi connectivity index (χ3v) is 5.89. The molecule has 0 N–H and O–H groups in total. The number of sulfonamides is 1. The van der Waals surface area contributed by atoms with Gasteiger partial charge in [0.05, 0.1) is 10.6 Å². The Kier molecular flexibility index (Phi) is 5.06. The molecule has 2 aromatic rings. The van der Waals surface area contributed by atoms with Crippen LogP contribution in [0.15, 0.2) is 53.4 Å². The van der Waals surface area contributed by atoms with Crippen LogP contribution in [-0.4, -0.2) is 15.5 Å². The average Bonchev–Trinajstić information content (AvgIpc) is 2.54. The fraction of sp³-hybridized carbons (Fsp3) is 0.250. The van der Waals surface area contributed by atoms with Crippen LogP contribution in [0.3, 0.4) is 0 Å². The van der Waals surface area contributed by atoms with E-state index >= 15 is 0 Å². The van der Waals surface area contributed by atoms with Gasteiger partial charge in [0.25, 0.3) is 10.0 Å². The maximum atomic E-state index is 12.6. The van der Waals surface area contributed by atoms with Crippen molar-refractivity contribution in [2.24, 2.45) is 0 Å². The van der Waals surface area contributed by atoms with Crippen LogP contribution in [0.5, 0.6) is 0 Å². The Hall–Kier alpha value is -1.33. The minimum Gasteiger partial charge on any atom is -0.269 e. The van der Waals surface area contributed by atoms with Crippen molar-refractivity contribution in [3.63, 3.8) is 0 Å². The molecule has 5 heteroatoms. The predicted octanol–water partition coefficient (Wildman–Crippen LogP) is 3.97. The molecule has 0 amide bonds. The number of anilines is 1. The Labute approximate surface area is 134 Å². The number of halogens is 1.